The van der Waals surface area contributed by atoms with Crippen molar-refractivity contribution >= 4 is 16.9 Å². The van der Waals surface area contributed by atoms with Crippen molar-refractivity contribution in [1.29, 1.82) is 0 Å². The Morgan fingerprint density at radius 2 is 2.00 bits per heavy atom. The number of amides is 1. The fourth-order valence-corrected chi connectivity index (χ4v) is 3.70. The van der Waals surface area contributed by atoms with Crippen molar-refractivity contribution < 1.29 is 9.21 Å². The van der Waals surface area contributed by atoms with E-state index in [1.54, 1.807) is 0 Å². The number of furan rings is 1. The molecule has 0 spiro atoms. The first-order chi connectivity index (χ1) is 12.2. The van der Waals surface area contributed by atoms with E-state index >= 15 is 0 Å². The lowest BCUT2D eigenvalue weighted by atomic mass is 10.1. The zero-order valence-electron chi connectivity index (χ0n) is 14.8. The van der Waals surface area contributed by atoms with Crippen LogP contribution in [0.1, 0.15) is 5.76 Å². The van der Waals surface area contributed by atoms with E-state index in [4.69, 9.17) is 4.42 Å². The molecule has 2 saturated heterocycles. The van der Waals surface area contributed by atoms with Gasteiger partial charge in [0.25, 0.3) is 0 Å². The smallest absolute Gasteiger partial charge is 0.241 e. The second-order valence-electron chi connectivity index (χ2n) is 7.12. The lowest BCUT2D eigenvalue weighted by Crippen LogP contribution is -2.59. The molecule has 1 amide bonds. The summed E-state index contributed by atoms with van der Waals surface area (Å²) in [5.41, 5.74) is 0.928. The van der Waals surface area contributed by atoms with Gasteiger partial charge < -0.3 is 19.5 Å². The Hall–Kier alpha value is -1.89. The molecule has 0 radical (unpaired) electrons. The number of nitrogens with one attached hydrogen (secondary N) is 1. The molecule has 4 rings (SSSR count). The second-order valence-corrected chi connectivity index (χ2v) is 7.12. The SMILES string of the molecule is CN1CCN(C(=O)C2CN(Cc3cc4ccccc4o3)CCN2)CC1. The average Bonchev–Trinajstić information content (AvgIpc) is 3.04. The number of carbonyl (C=O) groups excluding carboxylic acids is 1. The molecule has 134 valence electrons. The third-order valence-electron chi connectivity index (χ3n) is 5.23. The highest BCUT2D eigenvalue weighted by atomic mass is 16.3. The number of para-hydroxylation sites is 1. The van der Waals surface area contributed by atoms with E-state index in [1.165, 1.54) is 0 Å². The molecule has 2 aliphatic rings. The van der Waals surface area contributed by atoms with Gasteiger partial charge in [-0.15, -0.1) is 0 Å². The number of piperazine rings is 2. The molecule has 0 aliphatic carbocycles. The van der Waals surface area contributed by atoms with Crippen molar-refractivity contribution in [3.63, 3.8) is 0 Å². The van der Waals surface area contributed by atoms with E-state index in [0.29, 0.717) is 0 Å². The van der Waals surface area contributed by atoms with Crippen molar-refractivity contribution in [1.82, 2.24) is 20.0 Å². The van der Waals surface area contributed by atoms with Crippen LogP contribution >= 0.6 is 0 Å². The maximum atomic E-state index is 12.8. The molecular weight excluding hydrogens is 316 g/mol. The highest BCUT2D eigenvalue weighted by molar-refractivity contribution is 5.82. The fraction of sp³-hybridized carbons (Fsp3) is 0.526. The molecule has 25 heavy (non-hydrogen) atoms. The standard InChI is InChI=1S/C19H26N4O2/c1-21-8-10-23(11-9-21)19(24)17-14-22(7-6-20-17)13-16-12-15-4-2-3-5-18(15)25-16/h2-5,12,17,20H,6-11,13-14H2,1H3. The summed E-state index contributed by atoms with van der Waals surface area (Å²) in [7, 11) is 2.11. The summed E-state index contributed by atoms with van der Waals surface area (Å²) in [5, 5.41) is 4.53. The predicted molar refractivity (Wildman–Crippen MR) is 97.4 cm³/mol. The molecule has 1 atom stereocenters. The molecule has 2 aromatic rings. The summed E-state index contributed by atoms with van der Waals surface area (Å²) in [6.07, 6.45) is 0. The van der Waals surface area contributed by atoms with Crippen molar-refractivity contribution in [2.45, 2.75) is 12.6 Å². The average molecular weight is 342 g/mol. The quantitative estimate of drug-likeness (QED) is 0.901. The summed E-state index contributed by atoms with van der Waals surface area (Å²) in [6, 6.07) is 10.1. The summed E-state index contributed by atoms with van der Waals surface area (Å²) in [5.74, 6) is 1.20. The molecule has 2 fully saturated rings. The number of carbonyl (C=O) groups is 1. The van der Waals surface area contributed by atoms with E-state index < -0.39 is 0 Å². The number of nitrogens with zero attached hydrogens (tertiary/aromatic N) is 3. The molecule has 1 aromatic heterocycles. The first-order valence-corrected chi connectivity index (χ1v) is 9.09. The van der Waals surface area contributed by atoms with Crippen LogP contribution in [0.15, 0.2) is 34.7 Å². The van der Waals surface area contributed by atoms with Crippen molar-refractivity contribution in [3.8, 4) is 0 Å². The van der Waals surface area contributed by atoms with Crippen LogP contribution in [0.25, 0.3) is 11.0 Å². The Morgan fingerprint density at radius 1 is 1.20 bits per heavy atom. The van der Waals surface area contributed by atoms with Crippen LogP contribution in [0, 0.1) is 0 Å². The van der Waals surface area contributed by atoms with Gasteiger partial charge in [-0.1, -0.05) is 18.2 Å². The summed E-state index contributed by atoms with van der Waals surface area (Å²) in [4.78, 5) is 19.4. The van der Waals surface area contributed by atoms with E-state index in [9.17, 15) is 4.79 Å². The van der Waals surface area contributed by atoms with Crippen LogP contribution in [0.5, 0.6) is 0 Å². The van der Waals surface area contributed by atoms with E-state index in [1.807, 2.05) is 23.1 Å². The van der Waals surface area contributed by atoms with E-state index in [0.717, 1.165) is 69.1 Å². The molecule has 1 aromatic carbocycles. The molecule has 0 bridgehead atoms. The van der Waals surface area contributed by atoms with Gasteiger partial charge in [0.05, 0.1) is 12.6 Å². The molecule has 6 heteroatoms. The Balaban J connectivity index is 1.38. The summed E-state index contributed by atoms with van der Waals surface area (Å²) < 4.78 is 5.93. The van der Waals surface area contributed by atoms with Gasteiger partial charge >= 0.3 is 0 Å². The van der Waals surface area contributed by atoms with Gasteiger partial charge in [0.1, 0.15) is 11.3 Å². The predicted octanol–water partition coefficient (Wildman–Crippen LogP) is 0.981. The van der Waals surface area contributed by atoms with Crippen LogP contribution in [0.2, 0.25) is 0 Å². The first-order valence-electron chi connectivity index (χ1n) is 9.09. The Kier molecular flexibility index (Phi) is 4.74. The van der Waals surface area contributed by atoms with Gasteiger partial charge in [-0.25, -0.2) is 0 Å². The zero-order chi connectivity index (χ0) is 17.2. The van der Waals surface area contributed by atoms with Crippen LogP contribution in [0.3, 0.4) is 0 Å². The second kappa shape index (κ2) is 7.15. The molecule has 1 unspecified atom stereocenters. The fourth-order valence-electron chi connectivity index (χ4n) is 3.70. The minimum absolute atomic E-state index is 0.110. The maximum absolute atomic E-state index is 12.8. The van der Waals surface area contributed by atoms with Gasteiger partial charge in [-0.05, 0) is 19.2 Å². The highest BCUT2D eigenvalue weighted by Gasteiger charge is 2.30. The molecular formula is C19H26N4O2. The van der Waals surface area contributed by atoms with Crippen molar-refractivity contribution in [3.05, 3.63) is 36.1 Å². The topological polar surface area (TPSA) is 52.0 Å². The van der Waals surface area contributed by atoms with E-state index in [2.05, 4.69) is 34.3 Å². The Morgan fingerprint density at radius 3 is 2.80 bits per heavy atom. The third-order valence-corrected chi connectivity index (χ3v) is 5.23. The number of benzene rings is 1. The van der Waals surface area contributed by atoms with Gasteiger partial charge in [0, 0.05) is 51.2 Å². The van der Waals surface area contributed by atoms with Crippen LogP contribution in [-0.2, 0) is 11.3 Å². The number of rotatable bonds is 3. The number of hydrogen-bond acceptors (Lipinski definition) is 5. The minimum Gasteiger partial charge on any atom is -0.460 e. The highest BCUT2D eigenvalue weighted by Crippen LogP contribution is 2.20. The summed E-state index contributed by atoms with van der Waals surface area (Å²) in [6.45, 7) is 6.84. The Labute approximate surface area is 148 Å². The minimum atomic E-state index is -0.110. The third kappa shape index (κ3) is 3.71. The van der Waals surface area contributed by atoms with Crippen LogP contribution in [-0.4, -0.2) is 79.5 Å². The maximum Gasteiger partial charge on any atom is 0.241 e. The van der Waals surface area contributed by atoms with Gasteiger partial charge in [-0.3, -0.25) is 9.69 Å². The number of likely N-dealkylation sites (N-methyl/N-ethyl adjacent to an activating group) is 1. The lowest BCUT2D eigenvalue weighted by molar-refractivity contribution is -0.136. The molecule has 1 N–H and O–H groups in total. The molecule has 3 heterocycles. The monoisotopic (exact) mass is 342 g/mol. The summed E-state index contributed by atoms with van der Waals surface area (Å²) >= 11 is 0. The molecule has 2 aliphatic heterocycles. The van der Waals surface area contributed by atoms with Crippen LogP contribution < -0.4 is 5.32 Å². The van der Waals surface area contributed by atoms with E-state index in [-0.39, 0.29) is 11.9 Å². The number of fused-ring (bicyclic) bond motifs is 1. The first kappa shape index (κ1) is 16.6. The van der Waals surface area contributed by atoms with Gasteiger partial charge in [0.15, 0.2) is 0 Å². The Bertz CT molecular complexity index is 703. The molecule has 0 saturated carbocycles. The van der Waals surface area contributed by atoms with Crippen molar-refractivity contribution in [2.75, 3.05) is 52.9 Å². The van der Waals surface area contributed by atoms with Crippen LogP contribution in [0.4, 0.5) is 0 Å². The van der Waals surface area contributed by atoms with Crippen molar-refractivity contribution in [2.24, 2.45) is 0 Å². The normalized spacial score (nSPS) is 23.2. The lowest BCUT2D eigenvalue weighted by Gasteiger charge is -2.38. The van der Waals surface area contributed by atoms with Gasteiger partial charge in [-0.2, -0.15) is 0 Å². The largest absolute Gasteiger partial charge is 0.460 e. The van der Waals surface area contributed by atoms with Gasteiger partial charge in [0.2, 0.25) is 5.91 Å². The zero-order valence-corrected chi connectivity index (χ0v) is 14.8. The number of hydrogen-bond donors (Lipinski definition) is 1. The molecule has 6 nitrogen and oxygen atoms in total.